The molecule has 0 radical (unpaired) electrons. The first-order valence-corrected chi connectivity index (χ1v) is 8.65. The van der Waals surface area contributed by atoms with E-state index in [-0.39, 0.29) is 5.91 Å². The molecule has 2 aromatic rings. The van der Waals surface area contributed by atoms with Gasteiger partial charge in [-0.3, -0.25) is 4.79 Å². The Morgan fingerprint density at radius 2 is 1.48 bits per heavy atom. The van der Waals surface area contributed by atoms with Gasteiger partial charge in [0.05, 0.1) is 0 Å². The second-order valence-electron chi connectivity index (χ2n) is 5.79. The third-order valence-electron chi connectivity index (χ3n) is 4.43. The van der Waals surface area contributed by atoms with Gasteiger partial charge in [-0.2, -0.15) is 0 Å². The minimum atomic E-state index is 0.166. The van der Waals surface area contributed by atoms with E-state index in [1.54, 1.807) is 0 Å². The van der Waals surface area contributed by atoms with Crippen LogP contribution in [-0.2, 0) is 0 Å². The van der Waals surface area contributed by atoms with Crippen LogP contribution >= 0.6 is 0 Å². The second kappa shape index (κ2) is 8.52. The van der Waals surface area contributed by atoms with Crippen LogP contribution in [0, 0.1) is 6.92 Å². The lowest BCUT2D eigenvalue weighted by Gasteiger charge is -2.33. The number of carbonyl (C=O) groups excluding carboxylic acids is 1. The van der Waals surface area contributed by atoms with Gasteiger partial charge < -0.3 is 4.90 Å². The molecule has 0 aromatic heterocycles. The number of piperidine rings is 1. The fraction of sp³-hybridized carbons (Fsp3) is 0.381. The lowest BCUT2D eigenvalue weighted by Crippen LogP contribution is -2.38. The molecule has 1 aliphatic heterocycles. The van der Waals surface area contributed by atoms with E-state index in [1.807, 2.05) is 49.1 Å². The van der Waals surface area contributed by atoms with Crippen LogP contribution in [0.1, 0.15) is 54.1 Å². The van der Waals surface area contributed by atoms with Gasteiger partial charge >= 0.3 is 0 Å². The van der Waals surface area contributed by atoms with Gasteiger partial charge in [0.25, 0.3) is 5.91 Å². The van der Waals surface area contributed by atoms with Crippen molar-refractivity contribution in [2.75, 3.05) is 13.1 Å². The van der Waals surface area contributed by atoms with E-state index in [4.69, 9.17) is 0 Å². The van der Waals surface area contributed by atoms with Gasteiger partial charge in [0.15, 0.2) is 0 Å². The molecule has 0 spiro atoms. The van der Waals surface area contributed by atoms with Crippen molar-refractivity contribution in [2.45, 2.75) is 39.5 Å². The number of carbonyl (C=O) groups is 1. The number of aryl methyl sites for hydroxylation is 1. The molecule has 1 fully saturated rings. The summed E-state index contributed by atoms with van der Waals surface area (Å²) in [5, 5.41) is 0. The number of hydrogen-bond acceptors (Lipinski definition) is 1. The Hall–Kier alpha value is -2.09. The highest BCUT2D eigenvalue weighted by atomic mass is 16.2. The maximum atomic E-state index is 12.4. The Labute approximate surface area is 140 Å². The maximum absolute atomic E-state index is 12.4. The van der Waals surface area contributed by atoms with Crippen LogP contribution in [-0.4, -0.2) is 23.9 Å². The summed E-state index contributed by atoms with van der Waals surface area (Å²) in [6.07, 6.45) is 2.12. The van der Waals surface area contributed by atoms with Gasteiger partial charge in [-0.15, -0.1) is 0 Å². The summed E-state index contributed by atoms with van der Waals surface area (Å²) < 4.78 is 0. The lowest BCUT2D eigenvalue weighted by molar-refractivity contribution is 0.0713. The van der Waals surface area contributed by atoms with Crippen LogP contribution in [0.3, 0.4) is 0 Å². The van der Waals surface area contributed by atoms with E-state index in [2.05, 4.69) is 31.2 Å². The number of benzene rings is 2. The molecule has 23 heavy (non-hydrogen) atoms. The average molecular weight is 309 g/mol. The van der Waals surface area contributed by atoms with Gasteiger partial charge in [0.1, 0.15) is 0 Å². The monoisotopic (exact) mass is 309 g/mol. The molecule has 0 saturated carbocycles. The van der Waals surface area contributed by atoms with Crippen LogP contribution in [0.15, 0.2) is 54.6 Å². The molecular formula is C21H27NO. The standard InChI is InChI=1S/C19H21NO.C2H6/c1-15-7-5-6-10-18(15)16-11-13-20(14-12-16)19(21)17-8-3-2-4-9-17;1-2/h2-10,16H,11-14H2,1H3;1-2H3. The van der Waals surface area contributed by atoms with E-state index in [1.165, 1.54) is 11.1 Å². The van der Waals surface area contributed by atoms with E-state index in [9.17, 15) is 4.79 Å². The molecule has 0 atom stereocenters. The molecular weight excluding hydrogens is 282 g/mol. The third-order valence-corrected chi connectivity index (χ3v) is 4.43. The Morgan fingerprint density at radius 3 is 2.09 bits per heavy atom. The number of rotatable bonds is 2. The zero-order valence-electron chi connectivity index (χ0n) is 14.5. The fourth-order valence-corrected chi connectivity index (χ4v) is 3.20. The number of likely N-dealkylation sites (tertiary alicyclic amines) is 1. The van der Waals surface area contributed by atoms with E-state index in [0.29, 0.717) is 5.92 Å². The third kappa shape index (κ3) is 4.22. The van der Waals surface area contributed by atoms with E-state index < -0.39 is 0 Å². The summed E-state index contributed by atoms with van der Waals surface area (Å²) in [5.41, 5.74) is 3.61. The molecule has 1 saturated heterocycles. The highest BCUT2D eigenvalue weighted by molar-refractivity contribution is 5.94. The molecule has 3 rings (SSSR count). The smallest absolute Gasteiger partial charge is 0.253 e. The molecule has 0 unspecified atom stereocenters. The van der Waals surface area contributed by atoms with Gasteiger partial charge in [-0.05, 0) is 48.9 Å². The highest BCUT2D eigenvalue weighted by Gasteiger charge is 2.24. The van der Waals surface area contributed by atoms with Crippen molar-refractivity contribution in [3.63, 3.8) is 0 Å². The number of nitrogens with zero attached hydrogens (tertiary/aromatic N) is 1. The SMILES string of the molecule is CC.Cc1ccccc1C1CCN(C(=O)c2ccccc2)CC1. The number of hydrogen-bond donors (Lipinski definition) is 0. The van der Waals surface area contributed by atoms with E-state index >= 15 is 0 Å². The van der Waals surface area contributed by atoms with Crippen molar-refractivity contribution in [1.82, 2.24) is 4.90 Å². The molecule has 2 aromatic carbocycles. The summed E-state index contributed by atoms with van der Waals surface area (Å²) >= 11 is 0. The minimum absolute atomic E-state index is 0.166. The van der Waals surface area contributed by atoms with Gasteiger partial charge in [-0.25, -0.2) is 0 Å². The first-order chi connectivity index (χ1) is 11.3. The molecule has 2 nitrogen and oxygen atoms in total. The average Bonchev–Trinajstić information content (AvgIpc) is 2.64. The Morgan fingerprint density at radius 1 is 0.913 bits per heavy atom. The summed E-state index contributed by atoms with van der Waals surface area (Å²) in [6.45, 7) is 7.89. The molecule has 1 amide bonds. The molecule has 0 N–H and O–H groups in total. The fourth-order valence-electron chi connectivity index (χ4n) is 3.20. The second-order valence-corrected chi connectivity index (χ2v) is 5.79. The van der Waals surface area contributed by atoms with Gasteiger partial charge in [0, 0.05) is 18.7 Å². The zero-order chi connectivity index (χ0) is 16.7. The van der Waals surface area contributed by atoms with Gasteiger partial charge in [0.2, 0.25) is 0 Å². The van der Waals surface area contributed by atoms with Crippen LogP contribution < -0.4 is 0 Å². The van der Waals surface area contributed by atoms with Crippen molar-refractivity contribution in [2.24, 2.45) is 0 Å². The minimum Gasteiger partial charge on any atom is -0.339 e. The maximum Gasteiger partial charge on any atom is 0.253 e. The summed E-state index contributed by atoms with van der Waals surface area (Å²) in [7, 11) is 0. The Bertz CT molecular complexity index is 613. The first kappa shape index (κ1) is 17.3. The topological polar surface area (TPSA) is 20.3 Å². The molecule has 122 valence electrons. The number of amides is 1. The van der Waals surface area contributed by atoms with Crippen LogP contribution in [0.2, 0.25) is 0 Å². The van der Waals surface area contributed by atoms with Crippen molar-refractivity contribution in [3.8, 4) is 0 Å². The molecule has 1 aliphatic rings. The van der Waals surface area contributed by atoms with Crippen molar-refractivity contribution in [3.05, 3.63) is 71.3 Å². The van der Waals surface area contributed by atoms with Crippen LogP contribution in [0.25, 0.3) is 0 Å². The van der Waals surface area contributed by atoms with Gasteiger partial charge in [-0.1, -0.05) is 56.3 Å². The normalized spacial score (nSPS) is 14.8. The van der Waals surface area contributed by atoms with Crippen LogP contribution in [0.5, 0.6) is 0 Å². The zero-order valence-corrected chi connectivity index (χ0v) is 14.5. The summed E-state index contributed by atoms with van der Waals surface area (Å²) in [6, 6.07) is 18.2. The quantitative estimate of drug-likeness (QED) is 0.761. The highest BCUT2D eigenvalue weighted by Crippen LogP contribution is 2.30. The van der Waals surface area contributed by atoms with E-state index in [0.717, 1.165) is 31.5 Å². The first-order valence-electron chi connectivity index (χ1n) is 8.65. The molecule has 0 aliphatic carbocycles. The van der Waals surface area contributed by atoms with Crippen molar-refractivity contribution >= 4 is 5.91 Å². The van der Waals surface area contributed by atoms with Crippen molar-refractivity contribution < 1.29 is 4.79 Å². The predicted molar refractivity (Wildman–Crippen MR) is 96.8 cm³/mol. The van der Waals surface area contributed by atoms with Crippen LogP contribution in [0.4, 0.5) is 0 Å². The predicted octanol–water partition coefficient (Wildman–Crippen LogP) is 5.04. The summed E-state index contributed by atoms with van der Waals surface area (Å²) in [5.74, 6) is 0.754. The summed E-state index contributed by atoms with van der Waals surface area (Å²) in [4.78, 5) is 14.4. The largest absolute Gasteiger partial charge is 0.339 e. The Balaban J connectivity index is 0.000000924. The Kier molecular flexibility index (Phi) is 6.40. The molecule has 1 heterocycles. The van der Waals surface area contributed by atoms with Crippen molar-refractivity contribution in [1.29, 1.82) is 0 Å². The molecule has 0 bridgehead atoms. The lowest BCUT2D eigenvalue weighted by atomic mass is 9.87. The molecule has 2 heteroatoms.